The summed E-state index contributed by atoms with van der Waals surface area (Å²) in [6.07, 6.45) is -1.20. The maximum atomic E-state index is 12.6. The van der Waals surface area contributed by atoms with Gasteiger partial charge in [0.1, 0.15) is 6.10 Å². The van der Waals surface area contributed by atoms with Gasteiger partial charge in [-0.25, -0.2) is 4.79 Å². The summed E-state index contributed by atoms with van der Waals surface area (Å²) in [5.74, 6) is -0.747. The summed E-state index contributed by atoms with van der Waals surface area (Å²) in [7, 11) is 0. The molecule has 2 rings (SSSR count). The molecule has 0 aliphatic heterocycles. The topological polar surface area (TPSA) is 75.6 Å². The summed E-state index contributed by atoms with van der Waals surface area (Å²) in [4.78, 5) is 24.8. The monoisotopic (exact) mass is 355 g/mol. The Bertz CT molecular complexity index is 725. The van der Waals surface area contributed by atoms with Crippen molar-refractivity contribution in [1.82, 2.24) is 5.32 Å². The Labute approximate surface area is 154 Å². The molecule has 5 heteroatoms. The molecule has 2 aromatic rings. The van der Waals surface area contributed by atoms with Crippen molar-refractivity contribution >= 4 is 11.9 Å². The van der Waals surface area contributed by atoms with E-state index in [2.05, 4.69) is 19.2 Å². The molecule has 0 aliphatic rings. The van der Waals surface area contributed by atoms with Gasteiger partial charge in [-0.1, -0.05) is 56.3 Å². The van der Waals surface area contributed by atoms with E-state index >= 15 is 0 Å². The van der Waals surface area contributed by atoms with Crippen LogP contribution >= 0.6 is 0 Å². The van der Waals surface area contributed by atoms with Crippen LogP contribution in [0.3, 0.4) is 0 Å². The lowest BCUT2D eigenvalue weighted by molar-refractivity contribution is -0.148. The molecule has 0 heterocycles. The number of hydrogen-bond acceptors (Lipinski definition) is 4. The second kappa shape index (κ2) is 9.15. The number of hydrogen-bond donors (Lipinski definition) is 2. The minimum absolute atomic E-state index is 0.162. The van der Waals surface area contributed by atoms with Crippen molar-refractivity contribution in [3.63, 3.8) is 0 Å². The van der Waals surface area contributed by atoms with Crippen LogP contribution in [0, 0.1) is 0 Å². The summed E-state index contributed by atoms with van der Waals surface area (Å²) in [6.45, 7) is 5.98. The van der Waals surface area contributed by atoms with E-state index in [1.165, 1.54) is 0 Å². The Kier molecular flexibility index (Phi) is 6.92. The van der Waals surface area contributed by atoms with Gasteiger partial charge in [0.05, 0.1) is 6.61 Å². The largest absolute Gasteiger partial charge is 0.464 e. The first-order valence-electron chi connectivity index (χ1n) is 8.74. The average molecular weight is 355 g/mol. The molecule has 138 valence electrons. The average Bonchev–Trinajstić information content (AvgIpc) is 2.66. The summed E-state index contributed by atoms with van der Waals surface area (Å²) >= 11 is 0. The molecule has 0 saturated carbocycles. The van der Waals surface area contributed by atoms with Gasteiger partial charge in [0, 0.05) is 5.56 Å². The predicted molar refractivity (Wildman–Crippen MR) is 99.8 cm³/mol. The Morgan fingerprint density at radius 1 is 1.00 bits per heavy atom. The van der Waals surface area contributed by atoms with Crippen LogP contribution in [0.1, 0.15) is 54.3 Å². The molecule has 0 bridgehead atoms. The normalized spacial score (nSPS) is 13.1. The number of rotatable bonds is 7. The van der Waals surface area contributed by atoms with Crippen molar-refractivity contribution in [3.8, 4) is 0 Å². The lowest BCUT2D eigenvalue weighted by atomic mass is 10.00. The number of carbonyl (C=O) groups excluding carboxylic acids is 2. The van der Waals surface area contributed by atoms with Gasteiger partial charge < -0.3 is 15.2 Å². The molecule has 26 heavy (non-hydrogen) atoms. The van der Waals surface area contributed by atoms with Gasteiger partial charge >= 0.3 is 5.97 Å². The molecule has 2 unspecified atom stereocenters. The van der Waals surface area contributed by atoms with Crippen molar-refractivity contribution in [2.24, 2.45) is 0 Å². The van der Waals surface area contributed by atoms with Crippen molar-refractivity contribution in [2.45, 2.75) is 38.8 Å². The second-order valence-electron chi connectivity index (χ2n) is 6.34. The predicted octanol–water partition coefficient (Wildman–Crippen LogP) is 3.21. The fourth-order valence-corrected chi connectivity index (χ4v) is 2.59. The van der Waals surface area contributed by atoms with Crippen LogP contribution in [0.5, 0.6) is 0 Å². The number of carbonyl (C=O) groups is 2. The molecule has 0 radical (unpaired) electrons. The van der Waals surface area contributed by atoms with Gasteiger partial charge in [0.2, 0.25) is 0 Å². The standard InChI is InChI=1S/C21H25NO4/c1-4-26-21(25)18(19(23)16-8-6-5-7-9-16)22-20(24)17-12-10-15(11-13-17)14(2)3/h5-14,18-19,23H,4H2,1-3H3,(H,22,24). The number of aliphatic hydroxyl groups is 1. The number of ether oxygens (including phenoxy) is 1. The maximum absolute atomic E-state index is 12.6. The Hall–Kier alpha value is -2.66. The van der Waals surface area contributed by atoms with Crippen molar-refractivity contribution in [2.75, 3.05) is 6.61 Å². The first-order chi connectivity index (χ1) is 12.4. The quantitative estimate of drug-likeness (QED) is 0.748. The van der Waals surface area contributed by atoms with Crippen molar-refractivity contribution < 1.29 is 19.4 Å². The molecule has 0 spiro atoms. The molecular formula is C21H25NO4. The van der Waals surface area contributed by atoms with E-state index in [0.29, 0.717) is 17.0 Å². The van der Waals surface area contributed by atoms with E-state index in [-0.39, 0.29) is 6.61 Å². The third-order valence-corrected chi connectivity index (χ3v) is 4.12. The van der Waals surface area contributed by atoms with Crippen LogP contribution < -0.4 is 5.32 Å². The molecule has 5 nitrogen and oxygen atoms in total. The number of nitrogens with one attached hydrogen (secondary N) is 1. The zero-order valence-electron chi connectivity index (χ0n) is 15.3. The van der Waals surface area contributed by atoms with E-state index < -0.39 is 24.0 Å². The van der Waals surface area contributed by atoms with E-state index in [4.69, 9.17) is 4.74 Å². The van der Waals surface area contributed by atoms with Crippen LogP contribution in [-0.2, 0) is 9.53 Å². The molecule has 0 aromatic heterocycles. The first-order valence-corrected chi connectivity index (χ1v) is 8.74. The zero-order chi connectivity index (χ0) is 19.1. The fraction of sp³-hybridized carbons (Fsp3) is 0.333. The van der Waals surface area contributed by atoms with E-state index in [0.717, 1.165) is 5.56 Å². The molecular weight excluding hydrogens is 330 g/mol. The van der Waals surface area contributed by atoms with Crippen LogP contribution in [0.2, 0.25) is 0 Å². The highest BCUT2D eigenvalue weighted by Crippen LogP contribution is 2.19. The van der Waals surface area contributed by atoms with Crippen molar-refractivity contribution in [1.29, 1.82) is 0 Å². The summed E-state index contributed by atoms with van der Waals surface area (Å²) in [5.41, 5.74) is 2.07. The Morgan fingerprint density at radius 2 is 1.62 bits per heavy atom. The van der Waals surface area contributed by atoms with Gasteiger partial charge in [-0.3, -0.25) is 4.79 Å². The van der Waals surface area contributed by atoms with Crippen LogP contribution in [0.4, 0.5) is 0 Å². The molecule has 2 aromatic carbocycles. The minimum atomic E-state index is -1.20. The SMILES string of the molecule is CCOC(=O)C(NC(=O)c1ccc(C(C)C)cc1)C(O)c1ccccc1. The number of aliphatic hydroxyl groups excluding tert-OH is 1. The molecule has 0 aliphatic carbocycles. The van der Waals surface area contributed by atoms with Gasteiger partial charge in [-0.2, -0.15) is 0 Å². The molecule has 1 amide bonds. The third-order valence-electron chi connectivity index (χ3n) is 4.12. The number of esters is 1. The lowest BCUT2D eigenvalue weighted by Gasteiger charge is -2.23. The molecule has 0 saturated heterocycles. The smallest absolute Gasteiger partial charge is 0.331 e. The summed E-state index contributed by atoms with van der Waals surface area (Å²) in [6, 6.07) is 14.7. The van der Waals surface area contributed by atoms with Gasteiger partial charge in [0.25, 0.3) is 5.91 Å². The number of benzene rings is 2. The van der Waals surface area contributed by atoms with E-state index in [1.54, 1.807) is 43.3 Å². The third kappa shape index (κ3) is 4.92. The number of amides is 1. The second-order valence-corrected chi connectivity index (χ2v) is 6.34. The molecule has 2 N–H and O–H groups in total. The lowest BCUT2D eigenvalue weighted by Crippen LogP contribution is -2.46. The highest BCUT2D eigenvalue weighted by Gasteiger charge is 2.31. The van der Waals surface area contributed by atoms with Gasteiger partial charge in [-0.15, -0.1) is 0 Å². The van der Waals surface area contributed by atoms with Crippen LogP contribution in [-0.4, -0.2) is 29.6 Å². The molecule has 0 fully saturated rings. The Morgan fingerprint density at radius 3 is 2.15 bits per heavy atom. The van der Waals surface area contributed by atoms with Gasteiger partial charge in [-0.05, 0) is 36.1 Å². The van der Waals surface area contributed by atoms with Crippen molar-refractivity contribution in [3.05, 3.63) is 71.3 Å². The Balaban J connectivity index is 2.20. The van der Waals surface area contributed by atoms with Crippen LogP contribution in [0.25, 0.3) is 0 Å². The minimum Gasteiger partial charge on any atom is -0.464 e. The van der Waals surface area contributed by atoms with Gasteiger partial charge in [0.15, 0.2) is 6.04 Å². The van der Waals surface area contributed by atoms with E-state index in [1.807, 2.05) is 18.2 Å². The zero-order valence-corrected chi connectivity index (χ0v) is 15.3. The highest BCUT2D eigenvalue weighted by molar-refractivity contribution is 5.97. The van der Waals surface area contributed by atoms with E-state index in [9.17, 15) is 14.7 Å². The first kappa shape index (κ1) is 19.7. The summed E-state index contributed by atoms with van der Waals surface area (Å²) < 4.78 is 5.02. The fourth-order valence-electron chi connectivity index (χ4n) is 2.59. The molecule has 2 atom stereocenters. The van der Waals surface area contributed by atoms with Crippen LogP contribution in [0.15, 0.2) is 54.6 Å². The highest BCUT2D eigenvalue weighted by atomic mass is 16.5. The maximum Gasteiger partial charge on any atom is 0.331 e. The summed E-state index contributed by atoms with van der Waals surface area (Å²) in [5, 5.41) is 13.2.